The minimum atomic E-state index is -0.426. The standard InChI is InChI=1S/C31H26N4O3S/c1-38-26-16-8-5-13-22(26)32-30(36)20-31(37)35-25(21-11-3-2-4-12-21)19-29(33-35)34-23-14-6-9-17-27(23)39-28-18-10-7-15-24(28)34/h2-18,25H,19-20H2,1H3,(H,32,36)/t25-/m1/s1. The van der Waals surface area contributed by atoms with E-state index in [0.717, 1.165) is 32.6 Å². The fraction of sp³-hybridized carbons (Fsp3) is 0.129. The van der Waals surface area contributed by atoms with Crippen molar-refractivity contribution >= 4 is 46.5 Å². The second-order valence-electron chi connectivity index (χ2n) is 9.18. The van der Waals surface area contributed by atoms with E-state index in [2.05, 4.69) is 34.5 Å². The third-order valence-corrected chi connectivity index (χ3v) is 7.85. The number of benzene rings is 4. The van der Waals surface area contributed by atoms with Gasteiger partial charge in [0.1, 0.15) is 18.0 Å². The van der Waals surface area contributed by atoms with Gasteiger partial charge >= 0.3 is 0 Å². The quantitative estimate of drug-likeness (QED) is 0.292. The number of carbonyl (C=O) groups excluding carboxylic acids is 2. The molecule has 2 aliphatic heterocycles. The number of hydrogen-bond acceptors (Lipinski definition) is 6. The summed E-state index contributed by atoms with van der Waals surface area (Å²) in [6, 6.07) is 33.0. The summed E-state index contributed by atoms with van der Waals surface area (Å²) in [5.41, 5.74) is 3.52. The molecule has 0 fully saturated rings. The van der Waals surface area contributed by atoms with Crippen LogP contribution in [0.15, 0.2) is 118 Å². The van der Waals surface area contributed by atoms with E-state index in [1.165, 1.54) is 12.1 Å². The van der Waals surface area contributed by atoms with Crippen LogP contribution in [0.4, 0.5) is 17.1 Å². The number of rotatable bonds is 5. The Kier molecular flexibility index (Phi) is 6.77. The van der Waals surface area contributed by atoms with Crippen LogP contribution in [0.3, 0.4) is 0 Å². The summed E-state index contributed by atoms with van der Waals surface area (Å²) >= 11 is 1.72. The number of nitrogens with one attached hydrogen (secondary N) is 1. The van der Waals surface area contributed by atoms with E-state index in [4.69, 9.17) is 9.84 Å². The Labute approximate surface area is 231 Å². The van der Waals surface area contributed by atoms with Gasteiger partial charge in [0.05, 0.1) is 30.2 Å². The molecule has 6 rings (SSSR count). The van der Waals surface area contributed by atoms with Crippen molar-refractivity contribution in [3.8, 4) is 5.75 Å². The summed E-state index contributed by atoms with van der Waals surface area (Å²) in [5.74, 6) is 0.481. The molecular formula is C31H26N4O3S. The fourth-order valence-corrected chi connectivity index (χ4v) is 6.00. The monoisotopic (exact) mass is 534 g/mol. The third kappa shape index (κ3) is 4.86. The first-order chi connectivity index (χ1) is 19.1. The molecule has 0 radical (unpaired) electrons. The Morgan fingerprint density at radius 1 is 0.872 bits per heavy atom. The molecule has 1 N–H and O–H groups in total. The van der Waals surface area contributed by atoms with Crippen LogP contribution in [0.2, 0.25) is 0 Å². The van der Waals surface area contributed by atoms with Gasteiger partial charge < -0.3 is 10.1 Å². The van der Waals surface area contributed by atoms with Gasteiger partial charge in [0.15, 0.2) is 0 Å². The van der Waals surface area contributed by atoms with Crippen molar-refractivity contribution in [2.24, 2.45) is 5.10 Å². The van der Waals surface area contributed by atoms with Crippen LogP contribution in [-0.4, -0.2) is 29.8 Å². The number of para-hydroxylation sites is 4. The molecule has 1 atom stereocenters. The second-order valence-corrected chi connectivity index (χ2v) is 10.3. The predicted molar refractivity (Wildman–Crippen MR) is 153 cm³/mol. The minimum absolute atomic E-state index is 0.332. The topological polar surface area (TPSA) is 74.2 Å². The van der Waals surface area contributed by atoms with Crippen molar-refractivity contribution in [1.29, 1.82) is 0 Å². The van der Waals surface area contributed by atoms with Crippen molar-refractivity contribution in [2.75, 3.05) is 17.3 Å². The molecule has 0 spiro atoms. The van der Waals surface area contributed by atoms with Gasteiger partial charge in [-0.1, -0.05) is 78.5 Å². The zero-order chi connectivity index (χ0) is 26.8. The molecule has 0 aromatic heterocycles. The molecule has 8 heteroatoms. The largest absolute Gasteiger partial charge is 0.495 e. The summed E-state index contributed by atoms with van der Waals surface area (Å²) < 4.78 is 5.33. The number of ether oxygens (including phenoxy) is 1. The molecule has 2 heterocycles. The van der Waals surface area contributed by atoms with E-state index in [-0.39, 0.29) is 18.4 Å². The van der Waals surface area contributed by atoms with E-state index in [1.54, 1.807) is 30.0 Å². The number of nitrogens with zero attached hydrogens (tertiary/aromatic N) is 3. The van der Waals surface area contributed by atoms with Crippen LogP contribution >= 0.6 is 11.8 Å². The maximum Gasteiger partial charge on any atom is 0.252 e. The number of amides is 2. The molecule has 0 saturated carbocycles. The van der Waals surface area contributed by atoms with Gasteiger partial charge in [-0.2, -0.15) is 5.10 Å². The highest BCUT2D eigenvalue weighted by atomic mass is 32.2. The van der Waals surface area contributed by atoms with E-state index in [1.807, 2.05) is 60.7 Å². The summed E-state index contributed by atoms with van der Waals surface area (Å²) in [6.45, 7) is 0. The molecule has 0 bridgehead atoms. The van der Waals surface area contributed by atoms with Gasteiger partial charge in [0.2, 0.25) is 5.91 Å². The van der Waals surface area contributed by atoms with Crippen molar-refractivity contribution in [3.63, 3.8) is 0 Å². The number of hydrazone groups is 1. The Morgan fingerprint density at radius 2 is 1.49 bits per heavy atom. The molecule has 0 aliphatic carbocycles. The first-order valence-corrected chi connectivity index (χ1v) is 13.5. The van der Waals surface area contributed by atoms with Crippen molar-refractivity contribution in [2.45, 2.75) is 28.7 Å². The maximum absolute atomic E-state index is 13.6. The van der Waals surface area contributed by atoms with Crippen molar-refractivity contribution in [3.05, 3.63) is 109 Å². The number of amidine groups is 1. The van der Waals surface area contributed by atoms with Crippen molar-refractivity contribution in [1.82, 2.24) is 5.01 Å². The highest BCUT2D eigenvalue weighted by molar-refractivity contribution is 7.99. The second kappa shape index (κ2) is 10.7. The third-order valence-electron chi connectivity index (χ3n) is 6.72. The van der Waals surface area contributed by atoms with Crippen LogP contribution < -0.4 is 15.0 Å². The lowest BCUT2D eigenvalue weighted by Gasteiger charge is -2.32. The molecule has 0 saturated heterocycles. The first-order valence-electron chi connectivity index (χ1n) is 12.7. The highest BCUT2D eigenvalue weighted by Crippen LogP contribution is 2.49. The van der Waals surface area contributed by atoms with Gasteiger partial charge in [0, 0.05) is 16.2 Å². The zero-order valence-corrected chi connectivity index (χ0v) is 22.1. The van der Waals surface area contributed by atoms with E-state index >= 15 is 0 Å². The Hall–Kier alpha value is -4.56. The van der Waals surface area contributed by atoms with Crippen molar-refractivity contribution < 1.29 is 14.3 Å². The van der Waals surface area contributed by atoms with Crippen LogP contribution in [0.25, 0.3) is 0 Å². The maximum atomic E-state index is 13.6. The molecule has 4 aromatic rings. The van der Waals surface area contributed by atoms with Gasteiger partial charge in [0.25, 0.3) is 5.91 Å². The highest BCUT2D eigenvalue weighted by Gasteiger charge is 2.38. The molecule has 2 aliphatic rings. The fourth-order valence-electron chi connectivity index (χ4n) is 4.94. The van der Waals surface area contributed by atoms with Crippen LogP contribution in [0, 0.1) is 0 Å². The molecule has 39 heavy (non-hydrogen) atoms. The van der Waals surface area contributed by atoms with E-state index in [9.17, 15) is 9.59 Å². The van der Waals surface area contributed by atoms with E-state index < -0.39 is 5.91 Å². The minimum Gasteiger partial charge on any atom is -0.495 e. The zero-order valence-electron chi connectivity index (χ0n) is 21.3. The summed E-state index contributed by atoms with van der Waals surface area (Å²) in [7, 11) is 1.54. The molecule has 4 aromatic carbocycles. The van der Waals surface area contributed by atoms with Gasteiger partial charge in [-0.15, -0.1) is 0 Å². The number of methoxy groups -OCH3 is 1. The smallest absolute Gasteiger partial charge is 0.252 e. The number of fused-ring (bicyclic) bond motifs is 2. The average molecular weight is 535 g/mol. The normalized spacial score (nSPS) is 15.7. The molecule has 7 nitrogen and oxygen atoms in total. The SMILES string of the molecule is COc1ccccc1NC(=O)CC(=O)N1N=C(N2c3ccccc3Sc3ccccc32)C[C@@H]1c1ccccc1. The molecule has 194 valence electrons. The van der Waals surface area contributed by atoms with Crippen LogP contribution in [-0.2, 0) is 9.59 Å². The lowest BCUT2D eigenvalue weighted by Crippen LogP contribution is -2.30. The molecule has 2 amide bonds. The summed E-state index contributed by atoms with van der Waals surface area (Å²) in [6.07, 6.45) is 0.165. The van der Waals surface area contributed by atoms with Crippen LogP contribution in [0.1, 0.15) is 24.4 Å². The Bertz CT molecular complexity index is 1530. The number of hydrogen-bond donors (Lipinski definition) is 1. The summed E-state index contributed by atoms with van der Waals surface area (Å²) in [5, 5.41) is 9.14. The first kappa shape index (κ1) is 24.8. The van der Waals surface area contributed by atoms with E-state index in [0.29, 0.717) is 17.9 Å². The lowest BCUT2D eigenvalue weighted by atomic mass is 10.0. The number of carbonyl (C=O) groups is 2. The number of anilines is 3. The lowest BCUT2D eigenvalue weighted by molar-refractivity contribution is -0.136. The summed E-state index contributed by atoms with van der Waals surface area (Å²) in [4.78, 5) is 30.9. The Balaban J connectivity index is 1.33. The van der Waals surface area contributed by atoms with Gasteiger partial charge in [-0.05, 0) is 42.0 Å². The van der Waals surface area contributed by atoms with Crippen LogP contribution in [0.5, 0.6) is 5.75 Å². The molecular weight excluding hydrogens is 508 g/mol. The van der Waals surface area contributed by atoms with Gasteiger partial charge in [-0.25, -0.2) is 5.01 Å². The molecule has 0 unspecified atom stereocenters. The van der Waals surface area contributed by atoms with Gasteiger partial charge in [-0.3, -0.25) is 14.5 Å². The Morgan fingerprint density at radius 3 is 2.18 bits per heavy atom. The predicted octanol–water partition coefficient (Wildman–Crippen LogP) is 6.61. The average Bonchev–Trinajstić information content (AvgIpc) is 3.42.